The third-order valence-electron chi connectivity index (χ3n) is 4.73. The van der Waals surface area contributed by atoms with Crippen LogP contribution >= 0.6 is 0 Å². The molecule has 1 amide bonds. The number of rotatable bonds is 4. The molecule has 0 aliphatic rings. The van der Waals surface area contributed by atoms with Crippen LogP contribution in [0.5, 0.6) is 0 Å². The molecule has 0 saturated heterocycles. The first-order chi connectivity index (χ1) is 13.0. The molecule has 0 aliphatic heterocycles. The molecule has 136 valence electrons. The van der Waals surface area contributed by atoms with Gasteiger partial charge in [-0.25, -0.2) is 4.98 Å². The van der Waals surface area contributed by atoms with Crippen molar-refractivity contribution in [2.75, 3.05) is 0 Å². The minimum absolute atomic E-state index is 0.107. The highest BCUT2D eigenvalue weighted by atomic mass is 16.1. The fraction of sp³-hybridized carbons (Fsp3) is 0.227. The van der Waals surface area contributed by atoms with Gasteiger partial charge in [0, 0.05) is 23.5 Å². The van der Waals surface area contributed by atoms with Gasteiger partial charge in [-0.1, -0.05) is 38.1 Å². The molecule has 4 rings (SSSR count). The van der Waals surface area contributed by atoms with Crippen LogP contribution in [0.2, 0.25) is 0 Å². The Morgan fingerprint density at radius 1 is 1.15 bits per heavy atom. The second kappa shape index (κ2) is 6.83. The predicted molar refractivity (Wildman–Crippen MR) is 107 cm³/mol. The number of pyridine rings is 2. The Labute approximate surface area is 158 Å². The molecule has 0 spiro atoms. The average Bonchev–Trinajstić information content (AvgIpc) is 3.09. The number of nitrogens with one attached hydrogen (secondary N) is 1. The van der Waals surface area contributed by atoms with Crippen LogP contribution in [-0.2, 0) is 6.54 Å². The Morgan fingerprint density at radius 2 is 1.96 bits per heavy atom. The van der Waals surface area contributed by atoms with E-state index >= 15 is 0 Å². The van der Waals surface area contributed by atoms with Gasteiger partial charge in [0.1, 0.15) is 5.65 Å². The quantitative estimate of drug-likeness (QED) is 0.593. The van der Waals surface area contributed by atoms with Gasteiger partial charge < -0.3 is 9.72 Å². The minimum Gasteiger partial charge on any atom is -0.346 e. The number of imidazole rings is 1. The lowest BCUT2D eigenvalue weighted by Gasteiger charge is -2.11. The van der Waals surface area contributed by atoms with Crippen LogP contribution < -0.4 is 5.32 Å². The lowest BCUT2D eigenvalue weighted by atomic mass is 10.0. The number of hydrogen-bond donors (Lipinski definition) is 1. The van der Waals surface area contributed by atoms with Crippen LogP contribution in [-0.4, -0.2) is 20.3 Å². The Hall–Kier alpha value is -3.21. The van der Waals surface area contributed by atoms with Gasteiger partial charge in [0.2, 0.25) is 0 Å². The van der Waals surface area contributed by atoms with Crippen LogP contribution in [0.15, 0.2) is 54.9 Å². The molecular formula is C22H22N4O. The maximum Gasteiger partial charge on any atom is 0.252 e. The van der Waals surface area contributed by atoms with E-state index < -0.39 is 0 Å². The molecule has 4 aromatic rings. The van der Waals surface area contributed by atoms with Crippen LogP contribution in [0.25, 0.3) is 16.6 Å². The summed E-state index contributed by atoms with van der Waals surface area (Å²) in [6, 6.07) is 13.7. The van der Waals surface area contributed by atoms with E-state index in [1.54, 1.807) is 0 Å². The van der Waals surface area contributed by atoms with E-state index in [1.165, 1.54) is 0 Å². The highest BCUT2D eigenvalue weighted by Crippen LogP contribution is 2.22. The third-order valence-corrected chi connectivity index (χ3v) is 4.73. The van der Waals surface area contributed by atoms with Crippen molar-refractivity contribution in [1.29, 1.82) is 0 Å². The molecular weight excluding hydrogens is 336 g/mol. The van der Waals surface area contributed by atoms with Gasteiger partial charge in [0.05, 0.1) is 23.3 Å². The van der Waals surface area contributed by atoms with Gasteiger partial charge >= 0.3 is 0 Å². The molecule has 0 radical (unpaired) electrons. The van der Waals surface area contributed by atoms with Gasteiger partial charge in [0.25, 0.3) is 5.91 Å². The summed E-state index contributed by atoms with van der Waals surface area (Å²) in [5.74, 6) is 0.145. The van der Waals surface area contributed by atoms with E-state index in [-0.39, 0.29) is 11.8 Å². The Morgan fingerprint density at radius 3 is 2.74 bits per heavy atom. The van der Waals surface area contributed by atoms with E-state index in [0.717, 1.165) is 33.5 Å². The van der Waals surface area contributed by atoms with E-state index in [4.69, 9.17) is 0 Å². The summed E-state index contributed by atoms with van der Waals surface area (Å²) in [5, 5.41) is 3.88. The first-order valence-corrected chi connectivity index (χ1v) is 9.14. The lowest BCUT2D eigenvalue weighted by molar-refractivity contribution is 0.0952. The number of carbonyl (C=O) groups excluding carboxylic acids is 1. The molecule has 27 heavy (non-hydrogen) atoms. The number of carbonyl (C=O) groups is 1. The summed E-state index contributed by atoms with van der Waals surface area (Å²) in [7, 11) is 0. The Bertz CT molecular complexity index is 1140. The van der Waals surface area contributed by atoms with Crippen molar-refractivity contribution in [3.05, 3.63) is 77.4 Å². The zero-order valence-electron chi connectivity index (χ0n) is 15.7. The van der Waals surface area contributed by atoms with Gasteiger partial charge in [-0.2, -0.15) is 0 Å². The highest BCUT2D eigenvalue weighted by Gasteiger charge is 2.15. The molecule has 1 N–H and O–H groups in total. The number of para-hydroxylation sites is 1. The van der Waals surface area contributed by atoms with Crippen LogP contribution in [0.3, 0.4) is 0 Å². The van der Waals surface area contributed by atoms with Crippen molar-refractivity contribution in [3.8, 4) is 0 Å². The molecule has 3 aromatic heterocycles. The molecule has 5 heteroatoms. The standard InChI is InChI=1S/C22H22N4O/c1-14(2)20-11-18(17-8-4-5-9-19(17)25-20)22(27)23-12-16-13-26-10-6-7-15(3)21(26)24-16/h4-11,13-14H,12H2,1-3H3,(H,23,27). The summed E-state index contributed by atoms with van der Waals surface area (Å²) in [5.41, 5.74) is 5.28. The first kappa shape index (κ1) is 17.2. The highest BCUT2D eigenvalue weighted by molar-refractivity contribution is 6.06. The third kappa shape index (κ3) is 3.28. The molecule has 5 nitrogen and oxygen atoms in total. The Balaban J connectivity index is 1.63. The zero-order valence-corrected chi connectivity index (χ0v) is 15.7. The fourth-order valence-electron chi connectivity index (χ4n) is 3.24. The van der Waals surface area contributed by atoms with Crippen molar-refractivity contribution in [1.82, 2.24) is 19.7 Å². The number of hydrogen-bond acceptors (Lipinski definition) is 3. The summed E-state index contributed by atoms with van der Waals surface area (Å²) >= 11 is 0. The number of amides is 1. The molecule has 3 heterocycles. The predicted octanol–water partition coefficient (Wildman–Crippen LogP) is 4.24. The van der Waals surface area contributed by atoms with E-state index in [0.29, 0.717) is 12.1 Å². The number of aryl methyl sites for hydroxylation is 1. The molecule has 0 bridgehead atoms. The number of fused-ring (bicyclic) bond motifs is 2. The summed E-state index contributed by atoms with van der Waals surface area (Å²) < 4.78 is 1.98. The van der Waals surface area contributed by atoms with Crippen molar-refractivity contribution in [2.45, 2.75) is 33.2 Å². The van der Waals surface area contributed by atoms with E-state index in [1.807, 2.05) is 66.2 Å². The van der Waals surface area contributed by atoms with Crippen molar-refractivity contribution >= 4 is 22.5 Å². The maximum atomic E-state index is 12.9. The van der Waals surface area contributed by atoms with Gasteiger partial charge in [0.15, 0.2) is 0 Å². The fourth-order valence-corrected chi connectivity index (χ4v) is 3.24. The largest absolute Gasteiger partial charge is 0.346 e. The van der Waals surface area contributed by atoms with E-state index in [2.05, 4.69) is 29.1 Å². The van der Waals surface area contributed by atoms with Crippen LogP contribution in [0, 0.1) is 6.92 Å². The molecule has 0 atom stereocenters. The van der Waals surface area contributed by atoms with Crippen molar-refractivity contribution in [3.63, 3.8) is 0 Å². The second-order valence-corrected chi connectivity index (χ2v) is 7.10. The van der Waals surface area contributed by atoms with Crippen molar-refractivity contribution in [2.24, 2.45) is 0 Å². The molecule has 0 saturated carbocycles. The summed E-state index contributed by atoms with van der Waals surface area (Å²) in [4.78, 5) is 22.2. The summed E-state index contributed by atoms with van der Waals surface area (Å²) in [6.45, 7) is 6.57. The van der Waals surface area contributed by atoms with Gasteiger partial charge in [-0.3, -0.25) is 9.78 Å². The summed E-state index contributed by atoms with van der Waals surface area (Å²) in [6.07, 6.45) is 3.92. The normalized spacial score (nSPS) is 11.4. The van der Waals surface area contributed by atoms with Crippen LogP contribution in [0.1, 0.15) is 47.1 Å². The second-order valence-electron chi connectivity index (χ2n) is 7.10. The minimum atomic E-state index is -0.107. The van der Waals surface area contributed by atoms with Gasteiger partial charge in [-0.05, 0) is 36.6 Å². The molecule has 0 unspecified atom stereocenters. The smallest absolute Gasteiger partial charge is 0.252 e. The topological polar surface area (TPSA) is 59.3 Å². The molecule has 0 fully saturated rings. The maximum absolute atomic E-state index is 12.9. The van der Waals surface area contributed by atoms with Crippen molar-refractivity contribution < 1.29 is 4.79 Å². The SMILES string of the molecule is Cc1cccn2cc(CNC(=O)c3cc(C(C)C)nc4ccccc34)nc12. The molecule has 1 aromatic carbocycles. The number of nitrogens with zero attached hydrogens (tertiary/aromatic N) is 3. The number of aromatic nitrogens is 3. The van der Waals surface area contributed by atoms with E-state index in [9.17, 15) is 4.79 Å². The average molecular weight is 358 g/mol. The monoisotopic (exact) mass is 358 g/mol. The Kier molecular flexibility index (Phi) is 4.36. The lowest BCUT2D eigenvalue weighted by Crippen LogP contribution is -2.23. The molecule has 0 aliphatic carbocycles. The zero-order chi connectivity index (χ0) is 19.0. The first-order valence-electron chi connectivity index (χ1n) is 9.14. The van der Waals surface area contributed by atoms with Crippen LogP contribution in [0.4, 0.5) is 0 Å². The van der Waals surface area contributed by atoms with Gasteiger partial charge in [-0.15, -0.1) is 0 Å². The number of benzene rings is 1.